The monoisotopic (exact) mass is 370 g/mol. The Hall–Kier alpha value is -3.02. The summed E-state index contributed by atoms with van der Waals surface area (Å²) in [6, 6.07) is 10.7. The molecule has 0 aromatic heterocycles. The van der Waals surface area contributed by atoms with Crippen LogP contribution in [0.1, 0.15) is 41.3 Å². The molecule has 0 amide bonds. The second kappa shape index (κ2) is 8.12. The van der Waals surface area contributed by atoms with Gasteiger partial charge in [0.25, 0.3) is 0 Å². The van der Waals surface area contributed by atoms with E-state index in [0.29, 0.717) is 22.8 Å². The van der Waals surface area contributed by atoms with Crippen molar-refractivity contribution in [1.29, 1.82) is 0 Å². The predicted octanol–water partition coefficient (Wildman–Crippen LogP) is 3.65. The van der Waals surface area contributed by atoms with Crippen LogP contribution in [0.5, 0.6) is 17.2 Å². The molecule has 0 aliphatic carbocycles. The van der Waals surface area contributed by atoms with Gasteiger partial charge in [-0.3, -0.25) is 4.79 Å². The lowest BCUT2D eigenvalue weighted by molar-refractivity contribution is -0.144. The molecular weight excluding hydrogens is 348 g/mol. The van der Waals surface area contributed by atoms with Gasteiger partial charge in [0.05, 0.1) is 0 Å². The maximum atomic E-state index is 12.2. The Kier molecular flexibility index (Phi) is 5.64. The minimum Gasteiger partial charge on any atom is -0.482 e. The molecule has 0 fully saturated rings. The molecule has 0 atom stereocenters. The maximum Gasteiger partial charge on any atom is 0.344 e. The molecule has 0 spiro atoms. The van der Waals surface area contributed by atoms with E-state index in [2.05, 4.69) is 13.8 Å². The van der Waals surface area contributed by atoms with Gasteiger partial charge in [-0.25, -0.2) is 4.79 Å². The van der Waals surface area contributed by atoms with Crippen molar-refractivity contribution in [2.24, 2.45) is 0 Å². The third kappa shape index (κ3) is 4.58. The molecule has 6 nitrogen and oxygen atoms in total. The smallest absolute Gasteiger partial charge is 0.344 e. The van der Waals surface area contributed by atoms with Crippen molar-refractivity contribution in [3.63, 3.8) is 0 Å². The van der Waals surface area contributed by atoms with Gasteiger partial charge in [0.1, 0.15) is 5.75 Å². The van der Waals surface area contributed by atoms with E-state index in [-0.39, 0.29) is 31.7 Å². The fourth-order valence-electron chi connectivity index (χ4n) is 2.72. The van der Waals surface area contributed by atoms with E-state index in [4.69, 9.17) is 18.9 Å². The summed E-state index contributed by atoms with van der Waals surface area (Å²) in [6.07, 6.45) is 0. The SMILES string of the molecule is Cc1ccc(C(C)C)c(OCC(=O)OCC(=O)c2ccc3c(c2)OCO3)c1. The Balaban J connectivity index is 1.53. The summed E-state index contributed by atoms with van der Waals surface area (Å²) in [5, 5.41) is 0. The van der Waals surface area contributed by atoms with E-state index < -0.39 is 5.97 Å². The third-order valence-corrected chi connectivity index (χ3v) is 4.20. The Morgan fingerprint density at radius 2 is 1.81 bits per heavy atom. The largest absolute Gasteiger partial charge is 0.482 e. The Bertz CT molecular complexity index is 856. The number of Topliss-reactive ketones (excluding diaryl/α,β-unsaturated/α-hetero) is 1. The average molecular weight is 370 g/mol. The lowest BCUT2D eigenvalue weighted by Crippen LogP contribution is -2.20. The first kappa shape index (κ1) is 18.8. The van der Waals surface area contributed by atoms with Gasteiger partial charge in [-0.05, 0) is 48.2 Å². The fourth-order valence-corrected chi connectivity index (χ4v) is 2.72. The summed E-state index contributed by atoms with van der Waals surface area (Å²) in [7, 11) is 0. The molecule has 2 aromatic carbocycles. The Morgan fingerprint density at radius 1 is 1.04 bits per heavy atom. The molecule has 0 saturated carbocycles. The fraction of sp³-hybridized carbons (Fsp3) is 0.333. The molecule has 2 aromatic rings. The molecule has 1 aliphatic heterocycles. The number of benzene rings is 2. The van der Waals surface area contributed by atoms with E-state index in [0.717, 1.165) is 11.1 Å². The van der Waals surface area contributed by atoms with Crippen LogP contribution in [0.2, 0.25) is 0 Å². The molecule has 0 unspecified atom stereocenters. The van der Waals surface area contributed by atoms with Gasteiger partial charge < -0.3 is 18.9 Å². The van der Waals surface area contributed by atoms with E-state index in [9.17, 15) is 9.59 Å². The van der Waals surface area contributed by atoms with Gasteiger partial charge >= 0.3 is 5.97 Å². The molecule has 6 heteroatoms. The van der Waals surface area contributed by atoms with Crippen molar-refractivity contribution >= 4 is 11.8 Å². The van der Waals surface area contributed by atoms with Gasteiger partial charge in [0.2, 0.25) is 6.79 Å². The number of hydrogen-bond acceptors (Lipinski definition) is 6. The van der Waals surface area contributed by atoms with Crippen molar-refractivity contribution < 1.29 is 28.5 Å². The zero-order chi connectivity index (χ0) is 19.4. The summed E-state index contributed by atoms with van der Waals surface area (Å²) in [5.41, 5.74) is 2.46. The number of esters is 1. The van der Waals surface area contributed by atoms with Gasteiger partial charge in [0, 0.05) is 5.56 Å². The van der Waals surface area contributed by atoms with Gasteiger partial charge in [0.15, 0.2) is 30.5 Å². The molecule has 0 radical (unpaired) electrons. The summed E-state index contributed by atoms with van der Waals surface area (Å²) >= 11 is 0. The lowest BCUT2D eigenvalue weighted by atomic mass is 10.0. The van der Waals surface area contributed by atoms with Crippen LogP contribution in [0, 0.1) is 6.92 Å². The van der Waals surface area contributed by atoms with Crippen LogP contribution in [0.15, 0.2) is 36.4 Å². The highest BCUT2D eigenvalue weighted by molar-refractivity contribution is 5.98. The third-order valence-electron chi connectivity index (χ3n) is 4.20. The molecule has 0 saturated heterocycles. The van der Waals surface area contributed by atoms with Crippen molar-refractivity contribution in [3.05, 3.63) is 53.1 Å². The molecule has 0 bridgehead atoms. The molecule has 1 heterocycles. The number of aryl methyl sites for hydroxylation is 1. The van der Waals surface area contributed by atoms with Crippen molar-refractivity contribution in [2.45, 2.75) is 26.7 Å². The average Bonchev–Trinajstić information content (AvgIpc) is 3.11. The maximum absolute atomic E-state index is 12.2. The zero-order valence-electron chi connectivity index (χ0n) is 15.6. The summed E-state index contributed by atoms with van der Waals surface area (Å²) in [5.74, 6) is 1.11. The van der Waals surface area contributed by atoms with Crippen LogP contribution < -0.4 is 14.2 Å². The van der Waals surface area contributed by atoms with E-state index in [1.165, 1.54) is 0 Å². The van der Waals surface area contributed by atoms with Crippen LogP contribution in [-0.4, -0.2) is 31.8 Å². The quantitative estimate of drug-likeness (QED) is 0.547. The summed E-state index contributed by atoms with van der Waals surface area (Å²) in [4.78, 5) is 24.2. The number of fused-ring (bicyclic) bond motifs is 1. The second-order valence-corrected chi connectivity index (χ2v) is 6.64. The zero-order valence-corrected chi connectivity index (χ0v) is 15.6. The highest BCUT2D eigenvalue weighted by Gasteiger charge is 2.17. The van der Waals surface area contributed by atoms with Crippen molar-refractivity contribution in [1.82, 2.24) is 0 Å². The lowest BCUT2D eigenvalue weighted by Gasteiger charge is -2.14. The van der Waals surface area contributed by atoms with E-state index in [1.807, 2.05) is 25.1 Å². The Morgan fingerprint density at radius 3 is 2.59 bits per heavy atom. The van der Waals surface area contributed by atoms with Crippen molar-refractivity contribution in [2.75, 3.05) is 20.0 Å². The van der Waals surface area contributed by atoms with Crippen molar-refractivity contribution in [3.8, 4) is 17.2 Å². The minimum atomic E-state index is -0.597. The molecular formula is C21H22O6. The van der Waals surface area contributed by atoms with Crippen LogP contribution in [0.3, 0.4) is 0 Å². The predicted molar refractivity (Wildman–Crippen MR) is 98.6 cm³/mol. The topological polar surface area (TPSA) is 71.1 Å². The molecule has 1 aliphatic rings. The van der Waals surface area contributed by atoms with Crippen LogP contribution in [0.25, 0.3) is 0 Å². The standard InChI is InChI=1S/C21H22O6/c1-13(2)16-6-4-14(3)8-19(16)24-11-21(23)25-10-17(22)15-5-7-18-20(9-15)27-12-26-18/h4-9,13H,10-12H2,1-3H3. The summed E-state index contributed by atoms with van der Waals surface area (Å²) < 4.78 is 21.1. The van der Waals surface area contributed by atoms with E-state index >= 15 is 0 Å². The molecule has 3 rings (SSSR count). The second-order valence-electron chi connectivity index (χ2n) is 6.64. The first-order valence-electron chi connectivity index (χ1n) is 8.76. The van der Waals surface area contributed by atoms with Gasteiger partial charge in [-0.15, -0.1) is 0 Å². The van der Waals surface area contributed by atoms with E-state index in [1.54, 1.807) is 18.2 Å². The number of hydrogen-bond donors (Lipinski definition) is 0. The molecule has 27 heavy (non-hydrogen) atoms. The number of ketones is 1. The number of carbonyl (C=O) groups excluding carboxylic acids is 2. The minimum absolute atomic E-state index is 0.136. The highest BCUT2D eigenvalue weighted by Crippen LogP contribution is 2.32. The number of ether oxygens (including phenoxy) is 4. The van der Waals surface area contributed by atoms with Gasteiger partial charge in [-0.2, -0.15) is 0 Å². The summed E-state index contributed by atoms with van der Waals surface area (Å²) in [6.45, 7) is 5.60. The van der Waals surface area contributed by atoms with Crippen LogP contribution >= 0.6 is 0 Å². The van der Waals surface area contributed by atoms with Gasteiger partial charge in [-0.1, -0.05) is 26.0 Å². The number of carbonyl (C=O) groups is 2. The first-order chi connectivity index (χ1) is 12.9. The molecule has 0 N–H and O–H groups in total. The van der Waals surface area contributed by atoms with Crippen LogP contribution in [-0.2, 0) is 9.53 Å². The Labute approximate surface area is 158 Å². The highest BCUT2D eigenvalue weighted by atomic mass is 16.7. The number of rotatable bonds is 7. The first-order valence-corrected chi connectivity index (χ1v) is 8.76. The molecule has 142 valence electrons. The normalized spacial score (nSPS) is 12.1. The van der Waals surface area contributed by atoms with Crippen LogP contribution in [0.4, 0.5) is 0 Å².